The van der Waals surface area contributed by atoms with E-state index in [1.54, 1.807) is 0 Å². The van der Waals surface area contributed by atoms with Crippen molar-refractivity contribution >= 4 is 29.5 Å². The number of hydrogen-bond donors (Lipinski definition) is 1. The Morgan fingerprint density at radius 3 is 2.95 bits per heavy atom. The monoisotopic (exact) mass is 308 g/mol. The zero-order valence-corrected chi connectivity index (χ0v) is 12.4. The van der Waals surface area contributed by atoms with E-state index < -0.39 is 11.2 Å². The average Bonchev–Trinajstić information content (AvgIpc) is 2.72. The third-order valence-corrected chi connectivity index (χ3v) is 4.39. The van der Waals surface area contributed by atoms with Crippen LogP contribution in [-0.4, -0.2) is 44.6 Å². The molecule has 0 unspecified atom stereocenters. The molecule has 0 radical (unpaired) electrons. The van der Waals surface area contributed by atoms with Crippen LogP contribution in [-0.2, 0) is 9.59 Å². The van der Waals surface area contributed by atoms with Gasteiger partial charge in [0.2, 0.25) is 11.8 Å². The molecule has 1 aromatic heterocycles. The van der Waals surface area contributed by atoms with Crippen LogP contribution in [0, 0.1) is 0 Å². The Morgan fingerprint density at radius 1 is 1.52 bits per heavy atom. The largest absolute Gasteiger partial charge is 0.478 e. The molecule has 1 atom stereocenters. The van der Waals surface area contributed by atoms with Gasteiger partial charge >= 0.3 is 5.97 Å². The van der Waals surface area contributed by atoms with E-state index in [9.17, 15) is 14.4 Å². The van der Waals surface area contributed by atoms with Gasteiger partial charge in [-0.25, -0.2) is 9.78 Å². The first-order chi connectivity index (χ1) is 10.0. The Morgan fingerprint density at radius 2 is 2.29 bits per heavy atom. The fourth-order valence-electron chi connectivity index (χ4n) is 2.08. The number of carboxylic acids is 1. The summed E-state index contributed by atoms with van der Waals surface area (Å²) in [4.78, 5) is 40.5. The highest BCUT2D eigenvalue weighted by atomic mass is 32.2. The Kier molecular flexibility index (Phi) is 4.95. The number of likely N-dealkylation sites (tertiary alicyclic amines) is 1. The molecule has 0 aromatic carbocycles. The lowest BCUT2D eigenvalue weighted by molar-refractivity contribution is -0.138. The van der Waals surface area contributed by atoms with Crippen LogP contribution in [0.2, 0.25) is 0 Å². The van der Waals surface area contributed by atoms with Crippen LogP contribution in [0.4, 0.5) is 0 Å². The van der Waals surface area contributed by atoms with Crippen molar-refractivity contribution in [2.75, 3.05) is 6.54 Å². The average molecular weight is 308 g/mol. The molecule has 1 aliphatic rings. The Bertz CT molecular complexity index is 576. The van der Waals surface area contributed by atoms with Crippen LogP contribution in [0.5, 0.6) is 0 Å². The molecule has 2 heterocycles. The molecule has 112 valence electrons. The minimum absolute atomic E-state index is 0.0507. The van der Waals surface area contributed by atoms with Crippen LogP contribution in [0.3, 0.4) is 0 Å². The van der Waals surface area contributed by atoms with Gasteiger partial charge in [-0.05, 0) is 18.6 Å². The van der Waals surface area contributed by atoms with Crippen LogP contribution in [0.15, 0.2) is 23.4 Å². The molecule has 0 saturated carbocycles. The van der Waals surface area contributed by atoms with Crippen molar-refractivity contribution in [2.24, 2.45) is 0 Å². The van der Waals surface area contributed by atoms with E-state index in [4.69, 9.17) is 5.11 Å². The Labute approximate surface area is 126 Å². The van der Waals surface area contributed by atoms with E-state index in [0.29, 0.717) is 6.54 Å². The van der Waals surface area contributed by atoms with Crippen LogP contribution in [0.25, 0.3) is 0 Å². The number of hydrogen-bond acceptors (Lipinski definition) is 5. The van der Waals surface area contributed by atoms with Crippen molar-refractivity contribution < 1.29 is 19.5 Å². The third-order valence-electron chi connectivity index (χ3n) is 3.19. The molecule has 1 saturated heterocycles. The quantitative estimate of drug-likeness (QED) is 0.806. The van der Waals surface area contributed by atoms with Crippen molar-refractivity contribution in [1.29, 1.82) is 0 Å². The Hall–Kier alpha value is -1.89. The lowest BCUT2D eigenvalue weighted by Gasteiger charge is -2.14. The molecule has 1 fully saturated rings. The molecule has 21 heavy (non-hydrogen) atoms. The summed E-state index contributed by atoms with van der Waals surface area (Å²) in [5.74, 6) is -1.54. The van der Waals surface area contributed by atoms with E-state index in [0.717, 1.165) is 24.6 Å². The first kappa shape index (κ1) is 15.5. The number of unbranched alkanes of at least 4 members (excludes halogenated alkanes) is 1. The number of aromatic nitrogens is 1. The van der Waals surface area contributed by atoms with Crippen LogP contribution >= 0.6 is 11.8 Å². The second-order valence-electron chi connectivity index (χ2n) is 4.71. The maximum atomic E-state index is 12.2. The molecular formula is C14H16N2O4S. The van der Waals surface area contributed by atoms with E-state index in [1.165, 1.54) is 23.2 Å². The normalized spacial score (nSPS) is 18.3. The molecule has 2 rings (SSSR count). The maximum absolute atomic E-state index is 12.2. The van der Waals surface area contributed by atoms with Crippen LogP contribution in [0.1, 0.15) is 36.5 Å². The van der Waals surface area contributed by atoms with Gasteiger partial charge in [0.25, 0.3) is 0 Å². The number of carbonyl (C=O) groups excluding carboxylic acids is 2. The maximum Gasteiger partial charge on any atom is 0.338 e. The zero-order valence-electron chi connectivity index (χ0n) is 11.6. The van der Waals surface area contributed by atoms with Crippen molar-refractivity contribution in [3.63, 3.8) is 0 Å². The molecule has 1 aromatic rings. The number of carbonyl (C=O) groups is 3. The Balaban J connectivity index is 2.13. The van der Waals surface area contributed by atoms with Gasteiger partial charge in [0, 0.05) is 19.2 Å². The summed E-state index contributed by atoms with van der Waals surface area (Å²) in [5.41, 5.74) is 0.0507. The fourth-order valence-corrected chi connectivity index (χ4v) is 3.21. The molecule has 2 amide bonds. The first-order valence-corrected chi connectivity index (χ1v) is 7.61. The van der Waals surface area contributed by atoms with Gasteiger partial charge in [-0.15, -0.1) is 0 Å². The lowest BCUT2D eigenvalue weighted by Crippen LogP contribution is -2.32. The summed E-state index contributed by atoms with van der Waals surface area (Å²) >= 11 is 1.05. The summed E-state index contributed by atoms with van der Waals surface area (Å²) in [5, 5.41) is 8.80. The number of rotatable bonds is 6. The first-order valence-electron chi connectivity index (χ1n) is 6.73. The van der Waals surface area contributed by atoms with Crippen molar-refractivity contribution in [2.45, 2.75) is 36.5 Å². The van der Waals surface area contributed by atoms with Gasteiger partial charge in [-0.2, -0.15) is 0 Å². The number of carboxylic acid groups (broad SMARTS) is 1. The molecule has 7 heteroatoms. The van der Waals surface area contributed by atoms with E-state index in [-0.39, 0.29) is 28.8 Å². The third kappa shape index (κ3) is 3.41. The zero-order chi connectivity index (χ0) is 15.4. The number of imide groups is 1. The van der Waals surface area contributed by atoms with Crippen molar-refractivity contribution in [3.8, 4) is 0 Å². The van der Waals surface area contributed by atoms with Gasteiger partial charge in [-0.1, -0.05) is 25.1 Å². The van der Waals surface area contributed by atoms with Crippen LogP contribution < -0.4 is 0 Å². The molecule has 1 N–H and O–H groups in total. The standard InChI is InChI=1S/C14H16N2O4S/c1-2-3-7-16-11(17)8-10(13(16)18)21-12-9(14(19)20)5-4-6-15-12/h4-6,10H,2-3,7-8H2,1H3,(H,19,20)/t10-/m0/s1. The second-order valence-corrected chi connectivity index (χ2v) is 5.90. The van der Waals surface area contributed by atoms with Gasteiger partial charge in [0.05, 0.1) is 10.8 Å². The second kappa shape index (κ2) is 6.71. The predicted octanol–water partition coefficient (Wildman–Crippen LogP) is 1.80. The highest BCUT2D eigenvalue weighted by molar-refractivity contribution is 8.00. The number of thioether (sulfide) groups is 1. The van der Waals surface area contributed by atoms with E-state index in [1.807, 2.05) is 6.92 Å². The lowest BCUT2D eigenvalue weighted by atomic mass is 10.3. The van der Waals surface area contributed by atoms with Gasteiger partial charge < -0.3 is 5.11 Å². The highest BCUT2D eigenvalue weighted by Gasteiger charge is 2.39. The number of pyridine rings is 1. The number of amides is 2. The molecule has 6 nitrogen and oxygen atoms in total. The molecule has 0 bridgehead atoms. The number of nitrogens with zero attached hydrogens (tertiary/aromatic N) is 2. The molecular weight excluding hydrogens is 292 g/mol. The topological polar surface area (TPSA) is 87.6 Å². The molecule has 0 aliphatic carbocycles. The summed E-state index contributed by atoms with van der Waals surface area (Å²) in [6, 6.07) is 2.97. The number of aromatic carboxylic acids is 1. The summed E-state index contributed by atoms with van der Waals surface area (Å²) in [6.07, 6.45) is 3.25. The predicted molar refractivity (Wildman–Crippen MR) is 77.1 cm³/mol. The minimum atomic E-state index is -1.09. The smallest absolute Gasteiger partial charge is 0.338 e. The van der Waals surface area contributed by atoms with Crippen molar-refractivity contribution in [3.05, 3.63) is 23.9 Å². The van der Waals surface area contributed by atoms with Gasteiger partial charge in [-0.3, -0.25) is 14.5 Å². The highest BCUT2D eigenvalue weighted by Crippen LogP contribution is 2.32. The van der Waals surface area contributed by atoms with Gasteiger partial charge in [0.1, 0.15) is 5.03 Å². The molecule has 0 spiro atoms. The fraction of sp³-hybridized carbons (Fsp3) is 0.429. The van der Waals surface area contributed by atoms with E-state index >= 15 is 0 Å². The minimum Gasteiger partial charge on any atom is -0.478 e. The summed E-state index contributed by atoms with van der Waals surface area (Å²) in [7, 11) is 0. The summed E-state index contributed by atoms with van der Waals surface area (Å²) in [6.45, 7) is 2.42. The SMILES string of the molecule is CCCCN1C(=O)C[C@H](Sc2ncccc2C(=O)O)C1=O. The summed E-state index contributed by atoms with van der Waals surface area (Å²) < 4.78 is 0. The van der Waals surface area contributed by atoms with Crippen molar-refractivity contribution in [1.82, 2.24) is 9.88 Å². The van der Waals surface area contributed by atoms with E-state index in [2.05, 4.69) is 4.98 Å². The van der Waals surface area contributed by atoms with Gasteiger partial charge in [0.15, 0.2) is 0 Å². The molecule has 1 aliphatic heterocycles.